The number of hydrogen-bond acceptors (Lipinski definition) is 4. The predicted octanol–water partition coefficient (Wildman–Crippen LogP) is 2.79. The van der Waals surface area contributed by atoms with Crippen LogP contribution in [0.15, 0.2) is 0 Å². The second-order valence-electron chi connectivity index (χ2n) is 6.44. The third kappa shape index (κ3) is 2.28. The fourth-order valence-electron chi connectivity index (χ4n) is 3.14. The van der Waals surface area contributed by atoms with Crippen molar-refractivity contribution in [1.82, 2.24) is 0 Å². The van der Waals surface area contributed by atoms with E-state index >= 15 is 0 Å². The molecule has 2 aliphatic rings. The molecule has 1 aliphatic heterocycles. The highest BCUT2D eigenvalue weighted by Crippen LogP contribution is 2.52. The average Bonchev–Trinajstić information content (AvgIpc) is 2.98. The molecule has 0 radical (unpaired) electrons. The molecule has 2 heterocycles. The van der Waals surface area contributed by atoms with Crippen LogP contribution in [0.1, 0.15) is 54.3 Å². The standard InChI is InChI=1S/C15H23N3OS/c1-8(2)10-5-6-18(7-10)15-11(9-3-4-9)12(16)13(20-15)14(17)19/h8-10H,3-7,16H2,1-2H3,(H2,17,19). The van der Waals surface area contributed by atoms with Crippen molar-refractivity contribution in [2.45, 2.75) is 39.0 Å². The summed E-state index contributed by atoms with van der Waals surface area (Å²) in [5, 5.41) is 1.21. The Morgan fingerprint density at radius 3 is 2.55 bits per heavy atom. The average molecular weight is 293 g/mol. The van der Waals surface area contributed by atoms with Crippen molar-refractivity contribution in [3.63, 3.8) is 0 Å². The van der Waals surface area contributed by atoms with Gasteiger partial charge in [-0.25, -0.2) is 0 Å². The largest absolute Gasteiger partial charge is 0.397 e. The highest BCUT2D eigenvalue weighted by molar-refractivity contribution is 7.18. The summed E-state index contributed by atoms with van der Waals surface area (Å²) in [6.45, 7) is 6.72. The zero-order chi connectivity index (χ0) is 14.4. The minimum atomic E-state index is -0.389. The van der Waals surface area contributed by atoms with E-state index in [0.717, 1.165) is 19.0 Å². The molecular weight excluding hydrogens is 270 g/mol. The van der Waals surface area contributed by atoms with E-state index in [-0.39, 0.29) is 5.91 Å². The fraction of sp³-hybridized carbons (Fsp3) is 0.667. The van der Waals surface area contributed by atoms with Crippen LogP contribution < -0.4 is 16.4 Å². The van der Waals surface area contributed by atoms with Crippen molar-refractivity contribution < 1.29 is 4.79 Å². The smallest absolute Gasteiger partial charge is 0.260 e. The van der Waals surface area contributed by atoms with Crippen LogP contribution in [0, 0.1) is 11.8 Å². The molecule has 1 unspecified atom stereocenters. The molecule has 0 spiro atoms. The fourth-order valence-corrected chi connectivity index (χ4v) is 4.34. The van der Waals surface area contributed by atoms with Crippen molar-refractivity contribution in [3.05, 3.63) is 10.4 Å². The van der Waals surface area contributed by atoms with E-state index in [4.69, 9.17) is 11.5 Å². The van der Waals surface area contributed by atoms with Gasteiger partial charge in [0.1, 0.15) is 4.88 Å². The molecule has 0 aromatic carbocycles. The van der Waals surface area contributed by atoms with Gasteiger partial charge in [-0.1, -0.05) is 13.8 Å². The van der Waals surface area contributed by atoms with Crippen LogP contribution >= 0.6 is 11.3 Å². The van der Waals surface area contributed by atoms with E-state index in [1.54, 1.807) is 0 Å². The molecule has 4 nitrogen and oxygen atoms in total. The van der Waals surface area contributed by atoms with E-state index in [1.165, 1.54) is 41.2 Å². The number of nitrogens with zero attached hydrogens (tertiary/aromatic N) is 1. The van der Waals surface area contributed by atoms with Gasteiger partial charge in [0, 0.05) is 18.7 Å². The highest BCUT2D eigenvalue weighted by atomic mass is 32.1. The number of nitrogens with two attached hydrogens (primary N) is 2. The maximum atomic E-state index is 11.6. The van der Waals surface area contributed by atoms with Gasteiger partial charge < -0.3 is 16.4 Å². The first kappa shape index (κ1) is 13.7. The Morgan fingerprint density at radius 2 is 2.05 bits per heavy atom. The summed E-state index contributed by atoms with van der Waals surface area (Å²) in [6, 6.07) is 0. The summed E-state index contributed by atoms with van der Waals surface area (Å²) in [4.78, 5) is 14.5. The Bertz CT molecular complexity index is 533. The highest BCUT2D eigenvalue weighted by Gasteiger charge is 2.36. The monoisotopic (exact) mass is 293 g/mol. The van der Waals surface area contributed by atoms with Crippen molar-refractivity contribution in [2.24, 2.45) is 17.6 Å². The number of hydrogen-bond donors (Lipinski definition) is 2. The topological polar surface area (TPSA) is 72.3 Å². The zero-order valence-corrected chi connectivity index (χ0v) is 13.0. The Labute approximate surface area is 124 Å². The molecule has 20 heavy (non-hydrogen) atoms. The zero-order valence-electron chi connectivity index (χ0n) is 12.2. The first-order chi connectivity index (χ1) is 9.49. The lowest BCUT2D eigenvalue weighted by molar-refractivity contribution is 0.100. The van der Waals surface area contributed by atoms with Crippen LogP contribution in [-0.4, -0.2) is 19.0 Å². The van der Waals surface area contributed by atoms with Crippen molar-refractivity contribution in [2.75, 3.05) is 23.7 Å². The predicted molar refractivity (Wildman–Crippen MR) is 84.4 cm³/mol. The van der Waals surface area contributed by atoms with Gasteiger partial charge in [0.05, 0.1) is 10.7 Å². The van der Waals surface area contributed by atoms with Crippen LogP contribution in [0.4, 0.5) is 10.7 Å². The number of anilines is 2. The maximum Gasteiger partial charge on any atom is 0.260 e. The van der Waals surface area contributed by atoms with E-state index < -0.39 is 0 Å². The summed E-state index contributed by atoms with van der Waals surface area (Å²) < 4.78 is 0. The van der Waals surface area contributed by atoms with E-state index in [9.17, 15) is 4.79 Å². The van der Waals surface area contributed by atoms with Crippen molar-refractivity contribution in [3.8, 4) is 0 Å². The minimum Gasteiger partial charge on any atom is -0.397 e. The molecule has 1 aliphatic carbocycles. The first-order valence-corrected chi connectivity index (χ1v) is 8.27. The van der Waals surface area contributed by atoms with Gasteiger partial charge in [-0.3, -0.25) is 4.79 Å². The van der Waals surface area contributed by atoms with Gasteiger partial charge in [0.15, 0.2) is 0 Å². The molecule has 1 aromatic rings. The normalized spacial score (nSPS) is 22.8. The van der Waals surface area contributed by atoms with Gasteiger partial charge in [-0.2, -0.15) is 0 Å². The van der Waals surface area contributed by atoms with Gasteiger partial charge in [0.2, 0.25) is 0 Å². The quantitative estimate of drug-likeness (QED) is 0.896. The molecule has 1 saturated carbocycles. The van der Waals surface area contributed by atoms with Crippen LogP contribution in [-0.2, 0) is 0 Å². The number of carbonyl (C=O) groups excluding carboxylic acids is 1. The third-order valence-corrected chi connectivity index (χ3v) is 5.92. The Balaban J connectivity index is 1.93. The van der Waals surface area contributed by atoms with Crippen LogP contribution in [0.25, 0.3) is 0 Å². The van der Waals surface area contributed by atoms with Crippen LogP contribution in [0.5, 0.6) is 0 Å². The number of amides is 1. The first-order valence-electron chi connectivity index (χ1n) is 7.46. The third-order valence-electron chi connectivity index (χ3n) is 4.63. The summed E-state index contributed by atoms with van der Waals surface area (Å²) in [6.07, 6.45) is 3.60. The second kappa shape index (κ2) is 4.95. The summed E-state index contributed by atoms with van der Waals surface area (Å²) in [5.41, 5.74) is 13.5. The molecule has 0 bridgehead atoms. The number of carbonyl (C=O) groups is 1. The molecule has 110 valence electrons. The van der Waals surface area contributed by atoms with Crippen molar-refractivity contribution in [1.29, 1.82) is 0 Å². The van der Waals surface area contributed by atoms with Crippen LogP contribution in [0.3, 0.4) is 0 Å². The molecule has 1 atom stereocenters. The van der Waals surface area contributed by atoms with Gasteiger partial charge >= 0.3 is 0 Å². The Kier molecular flexibility index (Phi) is 3.40. The van der Waals surface area contributed by atoms with Gasteiger partial charge in [-0.05, 0) is 37.0 Å². The molecule has 5 heteroatoms. The maximum absolute atomic E-state index is 11.6. The van der Waals surface area contributed by atoms with E-state index in [1.807, 2.05) is 0 Å². The molecule has 4 N–H and O–H groups in total. The molecule has 2 fully saturated rings. The van der Waals surface area contributed by atoms with Gasteiger partial charge in [-0.15, -0.1) is 11.3 Å². The lowest BCUT2D eigenvalue weighted by Crippen LogP contribution is -2.21. The SMILES string of the molecule is CC(C)C1CCN(c2sc(C(N)=O)c(N)c2C2CC2)C1. The summed E-state index contributed by atoms with van der Waals surface area (Å²) >= 11 is 1.50. The lowest BCUT2D eigenvalue weighted by atomic mass is 9.95. The Morgan fingerprint density at radius 1 is 1.35 bits per heavy atom. The molecule has 1 amide bonds. The number of primary amides is 1. The molecule has 1 saturated heterocycles. The van der Waals surface area contributed by atoms with E-state index in [0.29, 0.717) is 22.4 Å². The minimum absolute atomic E-state index is 0.389. The van der Waals surface area contributed by atoms with Gasteiger partial charge in [0.25, 0.3) is 5.91 Å². The molecule has 1 aromatic heterocycles. The number of thiophene rings is 1. The number of rotatable bonds is 4. The van der Waals surface area contributed by atoms with Crippen molar-refractivity contribution >= 4 is 27.9 Å². The number of nitrogen functional groups attached to an aromatic ring is 1. The summed E-state index contributed by atoms with van der Waals surface area (Å²) in [5.74, 6) is 1.60. The van der Waals surface area contributed by atoms with E-state index in [2.05, 4.69) is 18.7 Å². The second-order valence-corrected chi connectivity index (χ2v) is 7.44. The van der Waals surface area contributed by atoms with Crippen LogP contribution in [0.2, 0.25) is 0 Å². The Hall–Kier alpha value is -1.23. The summed E-state index contributed by atoms with van der Waals surface area (Å²) in [7, 11) is 0. The molecule has 3 rings (SSSR count). The molecular formula is C15H23N3OS. The lowest BCUT2D eigenvalue weighted by Gasteiger charge is -2.20.